The van der Waals surface area contributed by atoms with Gasteiger partial charge in [-0.15, -0.1) is 0 Å². The van der Waals surface area contributed by atoms with E-state index in [-0.39, 0.29) is 37.4 Å². The molecule has 0 aromatic heterocycles. The second-order valence-electron chi connectivity index (χ2n) is 4.62. The van der Waals surface area contributed by atoms with E-state index < -0.39 is 12.8 Å². The molecule has 0 radical (unpaired) electrons. The molecule has 0 bridgehead atoms. The smallest absolute Gasteiger partial charge is 0.411 e. The van der Waals surface area contributed by atoms with E-state index in [1.165, 1.54) is 12.0 Å². The van der Waals surface area contributed by atoms with Crippen molar-refractivity contribution in [1.82, 2.24) is 4.90 Å². The molecule has 1 heterocycles. The Labute approximate surface area is 115 Å². The second-order valence-corrected chi connectivity index (χ2v) is 4.62. The van der Waals surface area contributed by atoms with Gasteiger partial charge in [-0.05, 0) is 12.8 Å². The fraction of sp³-hybridized carbons (Fsp3) is 0.833. The minimum atomic E-state index is -4.38. The number of methoxy groups -OCH3 is 1. The number of ether oxygens (including phenoxy) is 2. The summed E-state index contributed by atoms with van der Waals surface area (Å²) in [4.78, 5) is 24.7. The summed E-state index contributed by atoms with van der Waals surface area (Å²) in [6.07, 6.45) is -3.18. The third-order valence-corrected chi connectivity index (χ3v) is 3.03. The van der Waals surface area contributed by atoms with E-state index in [1.54, 1.807) is 0 Å². The van der Waals surface area contributed by atoms with Crippen LogP contribution in [0.25, 0.3) is 0 Å². The highest BCUT2D eigenvalue weighted by Gasteiger charge is 2.30. The van der Waals surface area contributed by atoms with Crippen LogP contribution in [0.5, 0.6) is 0 Å². The molecule has 1 saturated heterocycles. The van der Waals surface area contributed by atoms with Crippen LogP contribution in [0.1, 0.15) is 19.3 Å². The Bertz CT molecular complexity index is 346. The molecule has 8 heteroatoms. The summed E-state index contributed by atoms with van der Waals surface area (Å²) in [6, 6.07) is 0. The van der Waals surface area contributed by atoms with E-state index in [1.807, 2.05) is 0 Å². The lowest BCUT2D eigenvalue weighted by Crippen LogP contribution is -2.43. The first-order valence-corrected chi connectivity index (χ1v) is 6.33. The molecule has 1 amide bonds. The van der Waals surface area contributed by atoms with Crippen LogP contribution in [-0.4, -0.2) is 56.4 Å². The summed E-state index contributed by atoms with van der Waals surface area (Å²) in [5.74, 6) is -1.02. The Kier molecular flexibility index (Phi) is 6.25. The monoisotopic (exact) mass is 297 g/mol. The largest absolute Gasteiger partial charge is 0.469 e. The molecule has 0 spiro atoms. The molecule has 116 valence electrons. The van der Waals surface area contributed by atoms with Crippen molar-refractivity contribution in [2.24, 2.45) is 5.92 Å². The van der Waals surface area contributed by atoms with Gasteiger partial charge in [-0.2, -0.15) is 13.2 Å². The first-order chi connectivity index (χ1) is 9.33. The lowest BCUT2D eigenvalue weighted by atomic mass is 9.98. The highest BCUT2D eigenvalue weighted by Crippen LogP contribution is 2.18. The highest BCUT2D eigenvalue weighted by molar-refractivity contribution is 5.78. The molecule has 1 aliphatic rings. The molecular formula is C12H18F3NO4. The van der Waals surface area contributed by atoms with Gasteiger partial charge in [0.05, 0.1) is 26.1 Å². The van der Waals surface area contributed by atoms with Crippen molar-refractivity contribution in [2.45, 2.75) is 25.4 Å². The van der Waals surface area contributed by atoms with Gasteiger partial charge in [0.2, 0.25) is 5.91 Å². The van der Waals surface area contributed by atoms with Gasteiger partial charge in [0.1, 0.15) is 6.61 Å². The van der Waals surface area contributed by atoms with E-state index in [0.717, 1.165) is 0 Å². The summed E-state index contributed by atoms with van der Waals surface area (Å²) >= 11 is 0. The number of likely N-dealkylation sites (tertiary alicyclic amines) is 1. The SMILES string of the molecule is COC(=O)C1CCCN(C(=O)CCOCC(F)(F)F)C1. The third kappa shape index (κ3) is 5.77. The van der Waals surface area contributed by atoms with E-state index in [2.05, 4.69) is 9.47 Å². The molecule has 1 fully saturated rings. The molecule has 1 aliphatic heterocycles. The topological polar surface area (TPSA) is 55.8 Å². The van der Waals surface area contributed by atoms with Crippen LogP contribution < -0.4 is 0 Å². The normalized spacial score (nSPS) is 19.8. The van der Waals surface area contributed by atoms with Crippen molar-refractivity contribution in [3.63, 3.8) is 0 Å². The first-order valence-electron chi connectivity index (χ1n) is 6.33. The van der Waals surface area contributed by atoms with Crippen molar-refractivity contribution in [2.75, 3.05) is 33.4 Å². The van der Waals surface area contributed by atoms with Gasteiger partial charge < -0.3 is 14.4 Å². The number of hydrogen-bond acceptors (Lipinski definition) is 4. The molecule has 20 heavy (non-hydrogen) atoms. The number of alkyl halides is 3. The van der Waals surface area contributed by atoms with E-state index >= 15 is 0 Å². The van der Waals surface area contributed by atoms with Crippen molar-refractivity contribution in [3.8, 4) is 0 Å². The Hall–Kier alpha value is -1.31. The predicted molar refractivity (Wildman–Crippen MR) is 62.8 cm³/mol. The number of carbonyl (C=O) groups is 2. The lowest BCUT2D eigenvalue weighted by molar-refractivity contribution is -0.175. The number of amides is 1. The number of carbonyl (C=O) groups excluding carboxylic acids is 2. The lowest BCUT2D eigenvalue weighted by Gasteiger charge is -2.31. The van der Waals surface area contributed by atoms with Crippen LogP contribution in [-0.2, 0) is 19.1 Å². The third-order valence-electron chi connectivity index (χ3n) is 3.03. The van der Waals surface area contributed by atoms with Gasteiger partial charge in [0.15, 0.2) is 0 Å². The minimum absolute atomic E-state index is 0.121. The molecule has 1 unspecified atom stereocenters. The molecule has 1 rings (SSSR count). The zero-order valence-corrected chi connectivity index (χ0v) is 11.2. The van der Waals surface area contributed by atoms with Gasteiger partial charge in [0.25, 0.3) is 0 Å². The average molecular weight is 297 g/mol. The number of rotatable bonds is 5. The predicted octanol–water partition coefficient (Wildman–Crippen LogP) is 1.37. The highest BCUT2D eigenvalue weighted by atomic mass is 19.4. The van der Waals surface area contributed by atoms with Gasteiger partial charge in [-0.1, -0.05) is 0 Å². The van der Waals surface area contributed by atoms with Crippen LogP contribution in [0.3, 0.4) is 0 Å². The molecule has 0 aromatic carbocycles. The standard InChI is InChI=1S/C12H18F3NO4/c1-19-11(18)9-3-2-5-16(7-9)10(17)4-6-20-8-12(13,14)15/h9H,2-8H2,1H3. The molecular weight excluding hydrogens is 279 g/mol. The maximum absolute atomic E-state index is 11.8. The van der Waals surface area contributed by atoms with E-state index in [4.69, 9.17) is 0 Å². The van der Waals surface area contributed by atoms with E-state index in [9.17, 15) is 22.8 Å². The number of esters is 1. The Morgan fingerprint density at radius 3 is 2.65 bits per heavy atom. The van der Waals surface area contributed by atoms with Crippen molar-refractivity contribution in [1.29, 1.82) is 0 Å². The van der Waals surface area contributed by atoms with Crippen LogP contribution in [0.2, 0.25) is 0 Å². The maximum Gasteiger partial charge on any atom is 0.411 e. The molecule has 0 aromatic rings. The number of piperidine rings is 1. The number of halogens is 3. The van der Waals surface area contributed by atoms with Crippen LogP contribution >= 0.6 is 0 Å². The van der Waals surface area contributed by atoms with Crippen molar-refractivity contribution < 1.29 is 32.2 Å². The van der Waals surface area contributed by atoms with Crippen LogP contribution in [0, 0.1) is 5.92 Å². The van der Waals surface area contributed by atoms with Gasteiger partial charge in [0, 0.05) is 13.1 Å². The average Bonchev–Trinajstić information content (AvgIpc) is 2.41. The van der Waals surface area contributed by atoms with Crippen LogP contribution in [0.4, 0.5) is 13.2 Å². The summed E-state index contributed by atoms with van der Waals surface area (Å²) in [6.45, 7) is -0.876. The maximum atomic E-state index is 11.8. The fourth-order valence-electron chi connectivity index (χ4n) is 2.07. The van der Waals surface area contributed by atoms with Crippen molar-refractivity contribution in [3.05, 3.63) is 0 Å². The Morgan fingerprint density at radius 1 is 1.35 bits per heavy atom. The number of hydrogen-bond donors (Lipinski definition) is 0. The summed E-state index contributed by atoms with van der Waals surface area (Å²) in [5, 5.41) is 0. The zero-order chi connectivity index (χ0) is 15.2. The van der Waals surface area contributed by atoms with Gasteiger partial charge >= 0.3 is 12.1 Å². The fourth-order valence-corrected chi connectivity index (χ4v) is 2.07. The minimum Gasteiger partial charge on any atom is -0.469 e. The summed E-state index contributed by atoms with van der Waals surface area (Å²) < 4.78 is 44.5. The Balaban J connectivity index is 2.30. The zero-order valence-electron chi connectivity index (χ0n) is 11.2. The summed E-state index contributed by atoms with van der Waals surface area (Å²) in [7, 11) is 1.29. The van der Waals surface area contributed by atoms with Crippen molar-refractivity contribution >= 4 is 11.9 Å². The van der Waals surface area contributed by atoms with Crippen LogP contribution in [0.15, 0.2) is 0 Å². The summed E-state index contributed by atoms with van der Waals surface area (Å²) in [5.41, 5.74) is 0. The molecule has 5 nitrogen and oxygen atoms in total. The molecule has 0 N–H and O–H groups in total. The Morgan fingerprint density at radius 2 is 2.05 bits per heavy atom. The number of nitrogens with zero attached hydrogens (tertiary/aromatic N) is 1. The van der Waals surface area contributed by atoms with Gasteiger partial charge in [-0.25, -0.2) is 0 Å². The molecule has 0 saturated carbocycles. The van der Waals surface area contributed by atoms with Gasteiger partial charge in [-0.3, -0.25) is 9.59 Å². The molecule has 0 aliphatic carbocycles. The second kappa shape index (κ2) is 7.47. The van der Waals surface area contributed by atoms with E-state index in [0.29, 0.717) is 19.4 Å². The quantitative estimate of drug-likeness (QED) is 0.568. The first kappa shape index (κ1) is 16.7. The molecule has 1 atom stereocenters.